The zero-order valence-corrected chi connectivity index (χ0v) is 18.0. The molecule has 1 aliphatic heterocycles. The lowest BCUT2D eigenvalue weighted by molar-refractivity contribution is 0.201. The highest BCUT2D eigenvalue weighted by molar-refractivity contribution is 5.52. The molecule has 0 N–H and O–H groups in total. The molecule has 0 spiro atoms. The molecular formula is C25H28N2O3. The third-order valence-corrected chi connectivity index (χ3v) is 5.87. The van der Waals surface area contributed by atoms with Crippen LogP contribution in [0.5, 0.6) is 17.2 Å². The van der Waals surface area contributed by atoms with Gasteiger partial charge in [-0.05, 0) is 59.9 Å². The SMILES string of the molecule is COc1cc2c(cc1OC)[C@H](c1ccncc1)N(Cc1cccc(C)c1OC)CC2. The molecule has 0 saturated heterocycles. The van der Waals surface area contributed by atoms with Gasteiger partial charge in [-0.2, -0.15) is 0 Å². The zero-order chi connectivity index (χ0) is 21.1. The molecule has 4 rings (SSSR count). The highest BCUT2D eigenvalue weighted by Crippen LogP contribution is 2.42. The van der Waals surface area contributed by atoms with E-state index in [4.69, 9.17) is 14.2 Å². The molecule has 1 atom stereocenters. The van der Waals surface area contributed by atoms with E-state index in [0.29, 0.717) is 0 Å². The van der Waals surface area contributed by atoms with Crippen molar-refractivity contribution in [2.45, 2.75) is 25.9 Å². The quantitative estimate of drug-likeness (QED) is 0.602. The summed E-state index contributed by atoms with van der Waals surface area (Å²) in [7, 11) is 5.11. The molecule has 0 saturated carbocycles. The van der Waals surface area contributed by atoms with E-state index in [-0.39, 0.29) is 6.04 Å². The first-order valence-electron chi connectivity index (χ1n) is 10.2. The van der Waals surface area contributed by atoms with Gasteiger partial charge in [0.25, 0.3) is 0 Å². The number of para-hydroxylation sites is 1. The lowest BCUT2D eigenvalue weighted by Gasteiger charge is -2.38. The van der Waals surface area contributed by atoms with Crippen LogP contribution < -0.4 is 14.2 Å². The molecule has 0 aliphatic carbocycles. The third-order valence-electron chi connectivity index (χ3n) is 5.87. The minimum atomic E-state index is 0.0989. The number of nitrogens with zero attached hydrogens (tertiary/aromatic N) is 2. The predicted octanol–water partition coefficient (Wildman–Crippen LogP) is 4.56. The van der Waals surface area contributed by atoms with E-state index >= 15 is 0 Å². The number of rotatable bonds is 6. The highest BCUT2D eigenvalue weighted by Gasteiger charge is 2.31. The molecule has 0 amide bonds. The van der Waals surface area contributed by atoms with Crippen molar-refractivity contribution in [3.8, 4) is 17.2 Å². The fourth-order valence-electron chi connectivity index (χ4n) is 4.45. The van der Waals surface area contributed by atoms with Crippen LogP contribution >= 0.6 is 0 Å². The van der Waals surface area contributed by atoms with Crippen LogP contribution in [0.3, 0.4) is 0 Å². The van der Waals surface area contributed by atoms with Gasteiger partial charge < -0.3 is 14.2 Å². The van der Waals surface area contributed by atoms with Crippen molar-refractivity contribution < 1.29 is 14.2 Å². The normalized spacial score (nSPS) is 16.1. The second kappa shape index (κ2) is 8.76. The van der Waals surface area contributed by atoms with Gasteiger partial charge in [0.15, 0.2) is 11.5 Å². The summed E-state index contributed by atoms with van der Waals surface area (Å²) in [5.74, 6) is 2.49. The Kier molecular flexibility index (Phi) is 5.91. The third kappa shape index (κ3) is 3.73. The molecule has 0 fully saturated rings. The van der Waals surface area contributed by atoms with Crippen LogP contribution in [0.4, 0.5) is 0 Å². The van der Waals surface area contributed by atoms with Crippen molar-refractivity contribution in [2.24, 2.45) is 0 Å². The molecule has 0 radical (unpaired) electrons. The van der Waals surface area contributed by atoms with Gasteiger partial charge in [0.2, 0.25) is 0 Å². The summed E-state index contributed by atoms with van der Waals surface area (Å²) in [6.45, 7) is 3.82. The Balaban J connectivity index is 1.80. The smallest absolute Gasteiger partial charge is 0.161 e. The maximum Gasteiger partial charge on any atom is 0.161 e. The summed E-state index contributed by atoms with van der Waals surface area (Å²) >= 11 is 0. The Morgan fingerprint density at radius 3 is 2.40 bits per heavy atom. The van der Waals surface area contributed by atoms with Gasteiger partial charge in [0.1, 0.15) is 5.75 Å². The summed E-state index contributed by atoms with van der Waals surface area (Å²) in [6, 6.07) is 14.9. The van der Waals surface area contributed by atoms with Gasteiger partial charge in [-0.1, -0.05) is 18.2 Å². The molecule has 3 aromatic rings. The largest absolute Gasteiger partial charge is 0.496 e. The van der Waals surface area contributed by atoms with Crippen molar-refractivity contribution in [1.29, 1.82) is 0 Å². The molecule has 1 aromatic heterocycles. The first-order valence-corrected chi connectivity index (χ1v) is 10.2. The Bertz CT molecular complexity index is 1020. The average molecular weight is 405 g/mol. The van der Waals surface area contributed by atoms with Gasteiger partial charge in [0, 0.05) is 31.0 Å². The lowest BCUT2D eigenvalue weighted by Crippen LogP contribution is -2.36. The van der Waals surface area contributed by atoms with Crippen LogP contribution in [-0.2, 0) is 13.0 Å². The molecule has 156 valence electrons. The first-order chi connectivity index (χ1) is 14.7. The molecule has 2 heterocycles. The first kappa shape index (κ1) is 20.2. The van der Waals surface area contributed by atoms with Gasteiger partial charge in [-0.3, -0.25) is 9.88 Å². The van der Waals surface area contributed by atoms with Crippen LogP contribution in [0.15, 0.2) is 54.9 Å². The van der Waals surface area contributed by atoms with Crippen LogP contribution in [0, 0.1) is 6.92 Å². The minimum Gasteiger partial charge on any atom is -0.496 e. The van der Waals surface area contributed by atoms with E-state index in [1.165, 1.54) is 22.3 Å². The topological polar surface area (TPSA) is 43.8 Å². The Morgan fingerprint density at radius 2 is 1.70 bits per heavy atom. The molecule has 5 nitrogen and oxygen atoms in total. The number of hydrogen-bond donors (Lipinski definition) is 0. The van der Waals surface area contributed by atoms with E-state index in [1.54, 1.807) is 21.3 Å². The van der Waals surface area contributed by atoms with Gasteiger partial charge in [-0.25, -0.2) is 0 Å². The number of methoxy groups -OCH3 is 3. The number of fused-ring (bicyclic) bond motifs is 1. The van der Waals surface area contributed by atoms with E-state index in [0.717, 1.165) is 42.3 Å². The summed E-state index contributed by atoms with van der Waals surface area (Å²) in [5.41, 5.74) is 6.10. The Labute approximate surface area is 178 Å². The maximum atomic E-state index is 5.72. The number of aromatic nitrogens is 1. The van der Waals surface area contributed by atoms with Crippen molar-refractivity contribution in [2.75, 3.05) is 27.9 Å². The van der Waals surface area contributed by atoms with E-state index in [9.17, 15) is 0 Å². The number of benzene rings is 2. The lowest BCUT2D eigenvalue weighted by atomic mass is 9.87. The molecule has 30 heavy (non-hydrogen) atoms. The second-order valence-electron chi connectivity index (χ2n) is 7.58. The average Bonchev–Trinajstić information content (AvgIpc) is 2.78. The van der Waals surface area contributed by atoms with Crippen molar-refractivity contribution >= 4 is 0 Å². The van der Waals surface area contributed by atoms with E-state index in [1.807, 2.05) is 12.4 Å². The molecular weight excluding hydrogens is 376 g/mol. The van der Waals surface area contributed by atoms with Gasteiger partial charge in [-0.15, -0.1) is 0 Å². The standard InChI is InChI=1S/C25H28N2O3/c1-17-6-5-7-20(25(17)30-4)16-27-13-10-19-14-22(28-2)23(29-3)15-21(19)24(27)18-8-11-26-12-9-18/h5-9,11-12,14-15,24H,10,13,16H2,1-4H3/t24-/m0/s1. The van der Waals surface area contributed by atoms with Crippen LogP contribution in [0.2, 0.25) is 0 Å². The number of hydrogen-bond acceptors (Lipinski definition) is 5. The van der Waals surface area contributed by atoms with Gasteiger partial charge >= 0.3 is 0 Å². The summed E-state index contributed by atoms with van der Waals surface area (Å²) < 4.78 is 16.9. The minimum absolute atomic E-state index is 0.0989. The fourth-order valence-corrected chi connectivity index (χ4v) is 4.45. The van der Waals surface area contributed by atoms with Crippen molar-refractivity contribution in [3.63, 3.8) is 0 Å². The summed E-state index contributed by atoms with van der Waals surface area (Å²) in [6.07, 6.45) is 4.66. The maximum absolute atomic E-state index is 5.72. The Morgan fingerprint density at radius 1 is 0.967 bits per heavy atom. The zero-order valence-electron chi connectivity index (χ0n) is 18.0. The second-order valence-corrected chi connectivity index (χ2v) is 7.58. The molecule has 5 heteroatoms. The molecule has 2 aromatic carbocycles. The molecule has 0 unspecified atom stereocenters. The predicted molar refractivity (Wildman–Crippen MR) is 117 cm³/mol. The van der Waals surface area contributed by atoms with Crippen LogP contribution in [0.25, 0.3) is 0 Å². The van der Waals surface area contributed by atoms with Gasteiger partial charge in [0.05, 0.1) is 27.4 Å². The van der Waals surface area contributed by atoms with Crippen molar-refractivity contribution in [3.05, 3.63) is 82.7 Å². The highest BCUT2D eigenvalue weighted by atomic mass is 16.5. The van der Waals surface area contributed by atoms with Crippen LogP contribution in [-0.4, -0.2) is 37.8 Å². The number of pyridine rings is 1. The molecule has 0 bridgehead atoms. The summed E-state index contributed by atoms with van der Waals surface area (Å²) in [4.78, 5) is 6.72. The number of ether oxygens (including phenoxy) is 3. The Hall–Kier alpha value is -3.05. The van der Waals surface area contributed by atoms with E-state index < -0.39 is 0 Å². The fraction of sp³-hybridized carbons (Fsp3) is 0.320. The summed E-state index contributed by atoms with van der Waals surface area (Å²) in [5, 5.41) is 0. The van der Waals surface area contributed by atoms with Crippen molar-refractivity contribution in [1.82, 2.24) is 9.88 Å². The van der Waals surface area contributed by atoms with Crippen LogP contribution in [0.1, 0.15) is 33.9 Å². The van der Waals surface area contributed by atoms with E-state index in [2.05, 4.69) is 59.3 Å². The monoisotopic (exact) mass is 404 g/mol. The number of aryl methyl sites for hydroxylation is 1. The molecule has 1 aliphatic rings.